The number of nitrogens with zero attached hydrogens (tertiary/aromatic N) is 1. The number of ether oxygens (including phenoxy) is 1. The van der Waals surface area contributed by atoms with Crippen LogP contribution < -0.4 is 5.32 Å². The van der Waals surface area contributed by atoms with Gasteiger partial charge in [-0.15, -0.1) is 0 Å². The molecule has 1 aromatic carbocycles. The Morgan fingerprint density at radius 3 is 2.42 bits per heavy atom. The topological polar surface area (TPSA) is 58.6 Å². The summed E-state index contributed by atoms with van der Waals surface area (Å²) in [7, 11) is 0. The van der Waals surface area contributed by atoms with Crippen LogP contribution in [0, 0.1) is 0 Å². The lowest BCUT2D eigenvalue weighted by Crippen LogP contribution is -2.41. The smallest absolute Gasteiger partial charge is 0.227 e. The van der Waals surface area contributed by atoms with Crippen molar-refractivity contribution in [3.05, 3.63) is 29.8 Å². The molecule has 0 aliphatic carbocycles. The van der Waals surface area contributed by atoms with Gasteiger partial charge in [0.05, 0.1) is 19.6 Å². The van der Waals surface area contributed by atoms with Crippen LogP contribution in [-0.4, -0.2) is 43.0 Å². The van der Waals surface area contributed by atoms with Gasteiger partial charge in [-0.05, 0) is 17.7 Å². The minimum Gasteiger partial charge on any atom is -0.378 e. The van der Waals surface area contributed by atoms with Crippen molar-refractivity contribution in [3.8, 4) is 0 Å². The van der Waals surface area contributed by atoms with E-state index in [1.807, 2.05) is 29.2 Å². The Hall–Kier alpha value is -1.88. The van der Waals surface area contributed by atoms with E-state index in [0.717, 1.165) is 11.3 Å². The average molecular weight is 262 g/mol. The predicted octanol–water partition coefficient (Wildman–Crippen LogP) is 1.05. The maximum Gasteiger partial charge on any atom is 0.227 e. The highest BCUT2D eigenvalue weighted by Gasteiger charge is 2.16. The van der Waals surface area contributed by atoms with E-state index in [1.165, 1.54) is 6.92 Å². The van der Waals surface area contributed by atoms with Gasteiger partial charge in [0.25, 0.3) is 0 Å². The number of morpholine rings is 1. The molecule has 0 bridgehead atoms. The number of anilines is 1. The van der Waals surface area contributed by atoms with Crippen molar-refractivity contribution in [2.24, 2.45) is 0 Å². The van der Waals surface area contributed by atoms with Crippen LogP contribution in [0.5, 0.6) is 0 Å². The largest absolute Gasteiger partial charge is 0.378 e. The standard InChI is InChI=1S/C14H18N2O3/c1-11(17)15-13-4-2-12(3-5-13)10-14(18)16-6-8-19-9-7-16/h2-5H,6-10H2,1H3,(H,15,17). The number of rotatable bonds is 3. The minimum absolute atomic E-state index is 0.0999. The van der Waals surface area contributed by atoms with Crippen LogP contribution in [0.1, 0.15) is 12.5 Å². The zero-order valence-electron chi connectivity index (χ0n) is 11.0. The molecule has 0 unspecified atom stereocenters. The number of carbonyl (C=O) groups is 2. The molecule has 1 fully saturated rings. The Kier molecular flexibility index (Phi) is 4.52. The molecular formula is C14H18N2O3. The van der Waals surface area contributed by atoms with Gasteiger partial charge in [0.1, 0.15) is 0 Å². The highest BCUT2D eigenvalue weighted by Crippen LogP contribution is 2.11. The molecular weight excluding hydrogens is 244 g/mol. The fraction of sp³-hybridized carbons (Fsp3) is 0.429. The third kappa shape index (κ3) is 4.06. The molecule has 1 aliphatic rings. The summed E-state index contributed by atoms with van der Waals surface area (Å²) in [4.78, 5) is 24.8. The van der Waals surface area contributed by atoms with Crippen molar-refractivity contribution < 1.29 is 14.3 Å². The first kappa shape index (κ1) is 13.5. The Morgan fingerprint density at radius 2 is 1.84 bits per heavy atom. The van der Waals surface area contributed by atoms with E-state index in [-0.39, 0.29) is 11.8 Å². The molecule has 0 spiro atoms. The number of hydrogen-bond acceptors (Lipinski definition) is 3. The van der Waals surface area contributed by atoms with Crippen LogP contribution in [0.25, 0.3) is 0 Å². The Morgan fingerprint density at radius 1 is 1.21 bits per heavy atom. The summed E-state index contributed by atoms with van der Waals surface area (Å²) >= 11 is 0. The van der Waals surface area contributed by atoms with Crippen LogP contribution in [0.4, 0.5) is 5.69 Å². The lowest BCUT2D eigenvalue weighted by molar-refractivity contribution is -0.134. The zero-order valence-corrected chi connectivity index (χ0v) is 11.0. The van der Waals surface area contributed by atoms with Gasteiger partial charge < -0.3 is 15.0 Å². The summed E-state index contributed by atoms with van der Waals surface area (Å²) in [6.07, 6.45) is 0.389. The van der Waals surface area contributed by atoms with Gasteiger partial charge >= 0.3 is 0 Å². The van der Waals surface area contributed by atoms with Crippen molar-refractivity contribution in [1.82, 2.24) is 4.90 Å². The molecule has 0 saturated carbocycles. The quantitative estimate of drug-likeness (QED) is 0.885. The van der Waals surface area contributed by atoms with E-state index in [1.54, 1.807) is 0 Å². The van der Waals surface area contributed by atoms with Gasteiger partial charge in [0.2, 0.25) is 11.8 Å². The third-order valence-corrected chi connectivity index (χ3v) is 2.99. The normalized spacial score (nSPS) is 15.1. The lowest BCUT2D eigenvalue weighted by Gasteiger charge is -2.26. The van der Waals surface area contributed by atoms with Gasteiger partial charge in [0, 0.05) is 25.7 Å². The van der Waals surface area contributed by atoms with E-state index in [9.17, 15) is 9.59 Å². The van der Waals surface area contributed by atoms with Crippen LogP contribution in [0.2, 0.25) is 0 Å². The van der Waals surface area contributed by atoms with E-state index >= 15 is 0 Å². The molecule has 2 rings (SSSR count). The first-order valence-corrected chi connectivity index (χ1v) is 6.37. The second-order valence-electron chi connectivity index (χ2n) is 4.55. The molecule has 1 saturated heterocycles. The second kappa shape index (κ2) is 6.33. The fourth-order valence-electron chi connectivity index (χ4n) is 2.01. The molecule has 1 aromatic rings. The SMILES string of the molecule is CC(=O)Nc1ccc(CC(=O)N2CCOCC2)cc1. The summed E-state index contributed by atoms with van der Waals surface area (Å²) in [6.45, 7) is 4.04. The molecule has 102 valence electrons. The lowest BCUT2D eigenvalue weighted by atomic mass is 10.1. The van der Waals surface area contributed by atoms with E-state index in [0.29, 0.717) is 32.7 Å². The first-order chi connectivity index (χ1) is 9.15. The van der Waals surface area contributed by atoms with Gasteiger partial charge in [-0.25, -0.2) is 0 Å². The van der Waals surface area contributed by atoms with E-state index in [4.69, 9.17) is 4.74 Å². The van der Waals surface area contributed by atoms with Crippen molar-refractivity contribution in [2.75, 3.05) is 31.6 Å². The highest BCUT2D eigenvalue weighted by atomic mass is 16.5. The van der Waals surface area contributed by atoms with Crippen molar-refractivity contribution in [1.29, 1.82) is 0 Å². The number of benzene rings is 1. The fourth-order valence-corrected chi connectivity index (χ4v) is 2.01. The van der Waals surface area contributed by atoms with Gasteiger partial charge in [-0.3, -0.25) is 9.59 Å². The van der Waals surface area contributed by atoms with Crippen LogP contribution in [-0.2, 0) is 20.7 Å². The van der Waals surface area contributed by atoms with Crippen molar-refractivity contribution >= 4 is 17.5 Å². The Labute approximate surface area is 112 Å². The first-order valence-electron chi connectivity index (χ1n) is 6.37. The molecule has 1 aliphatic heterocycles. The zero-order chi connectivity index (χ0) is 13.7. The number of amides is 2. The Balaban J connectivity index is 1.91. The minimum atomic E-state index is -0.0999. The summed E-state index contributed by atoms with van der Waals surface area (Å²) in [5.41, 5.74) is 1.70. The molecule has 0 radical (unpaired) electrons. The van der Waals surface area contributed by atoms with Gasteiger partial charge in [-0.2, -0.15) is 0 Å². The predicted molar refractivity (Wildman–Crippen MR) is 71.8 cm³/mol. The monoisotopic (exact) mass is 262 g/mol. The maximum atomic E-state index is 12.0. The van der Waals surface area contributed by atoms with Crippen molar-refractivity contribution in [2.45, 2.75) is 13.3 Å². The number of carbonyl (C=O) groups excluding carboxylic acids is 2. The number of hydrogen-bond donors (Lipinski definition) is 1. The summed E-state index contributed by atoms with van der Waals surface area (Å²) < 4.78 is 5.22. The molecule has 5 nitrogen and oxygen atoms in total. The van der Waals surface area contributed by atoms with Crippen LogP contribution in [0.15, 0.2) is 24.3 Å². The molecule has 1 heterocycles. The highest BCUT2D eigenvalue weighted by molar-refractivity contribution is 5.88. The van der Waals surface area contributed by atoms with Crippen molar-refractivity contribution in [3.63, 3.8) is 0 Å². The van der Waals surface area contributed by atoms with E-state index in [2.05, 4.69) is 5.32 Å². The third-order valence-electron chi connectivity index (χ3n) is 2.99. The second-order valence-corrected chi connectivity index (χ2v) is 4.55. The summed E-state index contributed by atoms with van der Waals surface area (Å²) in [6, 6.07) is 7.35. The van der Waals surface area contributed by atoms with Gasteiger partial charge in [-0.1, -0.05) is 12.1 Å². The molecule has 0 aromatic heterocycles. The maximum absolute atomic E-state index is 12.0. The Bertz CT molecular complexity index is 450. The van der Waals surface area contributed by atoms with Crippen LogP contribution in [0.3, 0.4) is 0 Å². The summed E-state index contributed by atoms with van der Waals surface area (Å²) in [5, 5.41) is 2.70. The molecule has 2 amide bonds. The molecule has 5 heteroatoms. The van der Waals surface area contributed by atoms with Crippen LogP contribution >= 0.6 is 0 Å². The molecule has 1 N–H and O–H groups in total. The van der Waals surface area contributed by atoms with E-state index < -0.39 is 0 Å². The molecule has 0 atom stereocenters. The summed E-state index contributed by atoms with van der Waals surface area (Å²) in [5.74, 6) is 0.0210. The molecule has 19 heavy (non-hydrogen) atoms. The number of nitrogens with one attached hydrogen (secondary N) is 1. The van der Waals surface area contributed by atoms with Gasteiger partial charge in [0.15, 0.2) is 0 Å². The average Bonchev–Trinajstić information content (AvgIpc) is 2.41.